The fourth-order valence-corrected chi connectivity index (χ4v) is 1.33. The van der Waals surface area contributed by atoms with E-state index >= 15 is 0 Å². The van der Waals surface area contributed by atoms with Gasteiger partial charge in [-0.05, 0) is 20.8 Å². The Kier molecular flexibility index (Phi) is 2.41. The van der Waals surface area contributed by atoms with Crippen molar-refractivity contribution in [3.05, 3.63) is 12.0 Å². The van der Waals surface area contributed by atoms with Gasteiger partial charge >= 0.3 is 6.09 Å². The highest BCUT2D eigenvalue weighted by molar-refractivity contribution is 5.89. The molecule has 2 rings (SSSR count). The van der Waals surface area contributed by atoms with Crippen LogP contribution in [-0.2, 0) is 4.74 Å². The molecule has 1 aromatic heterocycles. The van der Waals surface area contributed by atoms with Gasteiger partial charge in [0.2, 0.25) is 0 Å². The van der Waals surface area contributed by atoms with Crippen LogP contribution in [-0.4, -0.2) is 34.1 Å². The summed E-state index contributed by atoms with van der Waals surface area (Å²) < 4.78 is 6.60. The fraction of sp³-hybridized carbons (Fsp3) is 0.500. The zero-order valence-corrected chi connectivity index (χ0v) is 9.52. The lowest BCUT2D eigenvalue weighted by Crippen LogP contribution is -2.28. The highest BCUT2D eigenvalue weighted by Gasteiger charge is 2.22. The first-order chi connectivity index (χ1) is 7.47. The van der Waals surface area contributed by atoms with Crippen LogP contribution in [0.25, 0.3) is 0 Å². The van der Waals surface area contributed by atoms with Crippen LogP contribution in [0.3, 0.4) is 0 Å². The van der Waals surface area contributed by atoms with Crippen molar-refractivity contribution in [3.63, 3.8) is 0 Å². The maximum absolute atomic E-state index is 11.8. The molecular formula is C10H14N4O2. The lowest BCUT2D eigenvalue weighted by molar-refractivity contribution is 0.0540. The highest BCUT2D eigenvalue weighted by atomic mass is 16.6. The van der Waals surface area contributed by atoms with E-state index in [4.69, 9.17) is 4.74 Å². The summed E-state index contributed by atoms with van der Waals surface area (Å²) in [6.07, 6.45) is 2.62. The van der Waals surface area contributed by atoms with Crippen molar-refractivity contribution < 1.29 is 9.53 Å². The van der Waals surface area contributed by atoms with Gasteiger partial charge in [-0.2, -0.15) is 0 Å². The number of fused-ring (bicyclic) bond motifs is 1. The molecule has 1 aliphatic rings. The first-order valence-electron chi connectivity index (χ1n) is 5.02. The zero-order chi connectivity index (χ0) is 11.8. The van der Waals surface area contributed by atoms with Crippen LogP contribution in [0.1, 0.15) is 26.5 Å². The number of rotatable bonds is 0. The van der Waals surface area contributed by atoms with Crippen molar-refractivity contribution in [2.24, 2.45) is 4.99 Å². The van der Waals surface area contributed by atoms with Crippen LogP contribution < -0.4 is 5.32 Å². The Morgan fingerprint density at radius 2 is 2.31 bits per heavy atom. The van der Waals surface area contributed by atoms with E-state index < -0.39 is 11.7 Å². The SMILES string of the molecule is CC(C)(C)OC(=O)n1cnc2c1NCN=C2. The molecule has 0 saturated carbocycles. The number of carbonyl (C=O) groups is 1. The molecule has 0 fully saturated rings. The normalized spacial score (nSPS) is 14.2. The number of nitrogens with zero attached hydrogens (tertiary/aromatic N) is 3. The molecular weight excluding hydrogens is 208 g/mol. The third-order valence-electron chi connectivity index (χ3n) is 1.94. The van der Waals surface area contributed by atoms with Crippen LogP contribution in [0.4, 0.5) is 10.6 Å². The van der Waals surface area contributed by atoms with E-state index in [1.54, 1.807) is 6.21 Å². The Morgan fingerprint density at radius 3 is 3.00 bits per heavy atom. The maximum Gasteiger partial charge on any atom is 0.421 e. The largest absolute Gasteiger partial charge is 0.443 e. The molecule has 0 atom stereocenters. The molecule has 86 valence electrons. The van der Waals surface area contributed by atoms with E-state index in [2.05, 4.69) is 15.3 Å². The number of hydrogen-bond donors (Lipinski definition) is 1. The van der Waals surface area contributed by atoms with Crippen molar-refractivity contribution in [2.45, 2.75) is 26.4 Å². The maximum atomic E-state index is 11.8. The number of imidazole rings is 1. The molecule has 0 aromatic carbocycles. The molecule has 0 aliphatic carbocycles. The molecule has 0 unspecified atom stereocenters. The van der Waals surface area contributed by atoms with Gasteiger partial charge in [0.15, 0.2) is 0 Å². The summed E-state index contributed by atoms with van der Waals surface area (Å²) in [4.78, 5) is 19.9. The van der Waals surface area contributed by atoms with E-state index in [0.717, 1.165) is 0 Å². The summed E-state index contributed by atoms with van der Waals surface area (Å²) in [6, 6.07) is 0. The Balaban J connectivity index is 2.25. The monoisotopic (exact) mass is 222 g/mol. The van der Waals surface area contributed by atoms with Crippen molar-refractivity contribution in [1.82, 2.24) is 9.55 Å². The second kappa shape index (κ2) is 3.62. The molecule has 0 amide bonds. The molecule has 1 N–H and O–H groups in total. The number of anilines is 1. The summed E-state index contributed by atoms with van der Waals surface area (Å²) >= 11 is 0. The molecule has 1 aliphatic heterocycles. The van der Waals surface area contributed by atoms with Gasteiger partial charge in [0, 0.05) is 0 Å². The van der Waals surface area contributed by atoms with E-state index in [1.807, 2.05) is 20.8 Å². The predicted octanol–water partition coefficient (Wildman–Crippen LogP) is 1.47. The molecule has 2 heterocycles. The topological polar surface area (TPSA) is 68.5 Å². The zero-order valence-electron chi connectivity index (χ0n) is 9.52. The summed E-state index contributed by atoms with van der Waals surface area (Å²) in [6.45, 7) is 5.91. The predicted molar refractivity (Wildman–Crippen MR) is 59.9 cm³/mol. The molecule has 16 heavy (non-hydrogen) atoms. The third kappa shape index (κ3) is 2.05. The van der Waals surface area contributed by atoms with E-state index in [0.29, 0.717) is 18.2 Å². The standard InChI is InChI=1S/C10H14N4O2/c1-10(2,3)16-9(15)14-6-13-7-4-11-5-12-8(7)14/h4,6,12H,5H2,1-3H3. The van der Waals surface area contributed by atoms with Gasteiger partial charge in [0.25, 0.3) is 0 Å². The smallest absolute Gasteiger partial charge is 0.421 e. The first-order valence-corrected chi connectivity index (χ1v) is 5.02. The van der Waals surface area contributed by atoms with Gasteiger partial charge in [0.05, 0.1) is 6.21 Å². The molecule has 1 aromatic rings. The van der Waals surface area contributed by atoms with Gasteiger partial charge in [-0.15, -0.1) is 0 Å². The van der Waals surface area contributed by atoms with Crippen molar-refractivity contribution in [1.29, 1.82) is 0 Å². The van der Waals surface area contributed by atoms with E-state index in [9.17, 15) is 4.79 Å². The van der Waals surface area contributed by atoms with E-state index in [-0.39, 0.29) is 0 Å². The third-order valence-corrected chi connectivity index (χ3v) is 1.94. The van der Waals surface area contributed by atoms with Crippen LogP contribution >= 0.6 is 0 Å². The lowest BCUT2D eigenvalue weighted by Gasteiger charge is -2.20. The minimum atomic E-state index is -0.517. The average molecular weight is 222 g/mol. The van der Waals surface area contributed by atoms with Crippen molar-refractivity contribution >= 4 is 18.1 Å². The minimum Gasteiger partial charge on any atom is -0.443 e. The summed E-state index contributed by atoms with van der Waals surface area (Å²) in [7, 11) is 0. The number of ether oxygens (including phenoxy) is 1. The molecule has 0 radical (unpaired) electrons. The van der Waals surface area contributed by atoms with Crippen LogP contribution in [0.2, 0.25) is 0 Å². The van der Waals surface area contributed by atoms with Crippen LogP contribution in [0.15, 0.2) is 11.3 Å². The fourth-order valence-electron chi connectivity index (χ4n) is 1.33. The minimum absolute atomic E-state index is 0.441. The Hall–Kier alpha value is -1.85. The average Bonchev–Trinajstić information content (AvgIpc) is 2.58. The van der Waals surface area contributed by atoms with Crippen LogP contribution in [0, 0.1) is 0 Å². The molecule has 6 heteroatoms. The molecule has 0 bridgehead atoms. The first kappa shape index (κ1) is 10.7. The summed E-state index contributed by atoms with van der Waals surface area (Å²) in [5.74, 6) is 0.629. The molecule has 6 nitrogen and oxygen atoms in total. The second-order valence-electron chi connectivity index (χ2n) is 4.48. The molecule has 0 saturated heterocycles. The lowest BCUT2D eigenvalue weighted by atomic mass is 10.2. The molecule has 0 spiro atoms. The van der Waals surface area contributed by atoms with Crippen molar-refractivity contribution in [2.75, 3.05) is 12.0 Å². The van der Waals surface area contributed by atoms with Crippen LogP contribution in [0.5, 0.6) is 0 Å². The summed E-state index contributed by atoms with van der Waals surface area (Å²) in [5, 5.41) is 2.98. The Bertz CT molecular complexity index is 442. The van der Waals surface area contributed by atoms with E-state index in [1.165, 1.54) is 10.9 Å². The van der Waals surface area contributed by atoms with Gasteiger partial charge in [-0.25, -0.2) is 14.3 Å². The van der Waals surface area contributed by atoms with Gasteiger partial charge in [0.1, 0.15) is 30.1 Å². The number of nitrogens with one attached hydrogen (secondary N) is 1. The van der Waals surface area contributed by atoms with Gasteiger partial charge in [-0.3, -0.25) is 4.99 Å². The summed E-state index contributed by atoms with van der Waals surface area (Å²) in [5.41, 5.74) is 0.133. The highest BCUT2D eigenvalue weighted by Crippen LogP contribution is 2.17. The Labute approximate surface area is 93.3 Å². The number of carbonyl (C=O) groups excluding carboxylic acids is 1. The quantitative estimate of drug-likeness (QED) is 0.721. The number of aliphatic imine (C=N–C) groups is 1. The second-order valence-corrected chi connectivity index (χ2v) is 4.48. The van der Waals surface area contributed by atoms with Gasteiger partial charge < -0.3 is 10.1 Å². The van der Waals surface area contributed by atoms with Crippen molar-refractivity contribution in [3.8, 4) is 0 Å². The number of aromatic nitrogens is 2. The number of hydrogen-bond acceptors (Lipinski definition) is 5. The van der Waals surface area contributed by atoms with Gasteiger partial charge in [-0.1, -0.05) is 0 Å². The Morgan fingerprint density at radius 1 is 1.56 bits per heavy atom.